The van der Waals surface area contributed by atoms with Crippen molar-refractivity contribution in [3.63, 3.8) is 0 Å². The minimum Gasteiger partial charge on any atom is -0.378 e. The molecule has 0 amide bonds. The summed E-state index contributed by atoms with van der Waals surface area (Å²) in [5.41, 5.74) is -0.461. The van der Waals surface area contributed by atoms with Gasteiger partial charge in [0.25, 0.3) is 0 Å². The minimum atomic E-state index is -4.31. The van der Waals surface area contributed by atoms with E-state index in [2.05, 4.69) is 0 Å². The van der Waals surface area contributed by atoms with Crippen LogP contribution in [0.5, 0.6) is 0 Å². The van der Waals surface area contributed by atoms with E-state index in [9.17, 15) is 13.2 Å². The molecule has 16 heavy (non-hydrogen) atoms. The summed E-state index contributed by atoms with van der Waals surface area (Å²) in [5.74, 6) is 0. The third kappa shape index (κ3) is 3.70. The zero-order valence-corrected chi connectivity index (χ0v) is 8.92. The molecule has 0 spiro atoms. The third-order valence-electron chi connectivity index (χ3n) is 1.98. The molecule has 0 fully saturated rings. The van der Waals surface area contributed by atoms with E-state index in [4.69, 9.17) is 4.74 Å². The number of ether oxygens (including phenoxy) is 1. The van der Waals surface area contributed by atoms with E-state index in [1.165, 1.54) is 18.2 Å². The van der Waals surface area contributed by atoms with E-state index < -0.39 is 11.7 Å². The summed E-state index contributed by atoms with van der Waals surface area (Å²) in [5, 5.41) is 0. The molecule has 0 bridgehead atoms. The third-order valence-corrected chi connectivity index (χ3v) is 1.98. The summed E-state index contributed by atoms with van der Waals surface area (Å²) in [4.78, 5) is 0. The molecule has 0 N–H and O–H groups in total. The lowest BCUT2D eigenvalue weighted by Crippen LogP contribution is -2.06. The number of benzene rings is 1. The molecule has 0 unspecified atom stereocenters. The van der Waals surface area contributed by atoms with E-state index in [1.807, 2.05) is 6.92 Å². The fourth-order valence-corrected chi connectivity index (χ4v) is 1.26. The van der Waals surface area contributed by atoms with Crippen LogP contribution >= 0.6 is 0 Å². The molecule has 1 nitrogen and oxygen atoms in total. The van der Waals surface area contributed by atoms with Gasteiger partial charge in [-0.15, -0.1) is 0 Å². The zero-order chi connectivity index (χ0) is 12.0. The summed E-state index contributed by atoms with van der Waals surface area (Å²) in [6, 6.07) is 5.46. The zero-order valence-electron chi connectivity index (χ0n) is 8.92. The number of halogens is 3. The molecule has 0 atom stereocenters. The van der Waals surface area contributed by atoms with Gasteiger partial charge >= 0.3 is 6.18 Å². The number of alkyl halides is 3. The summed E-state index contributed by atoms with van der Waals surface area (Å²) in [6.07, 6.45) is -1.31. The van der Waals surface area contributed by atoms with Crippen molar-refractivity contribution < 1.29 is 17.9 Å². The first-order valence-corrected chi connectivity index (χ1v) is 4.96. The van der Waals surface area contributed by atoms with Crippen molar-refractivity contribution in [2.45, 2.75) is 13.1 Å². The van der Waals surface area contributed by atoms with Crippen molar-refractivity contribution in [3.05, 3.63) is 41.5 Å². The quantitative estimate of drug-likeness (QED) is 0.716. The van der Waals surface area contributed by atoms with Crippen LogP contribution in [-0.4, -0.2) is 13.2 Å². The van der Waals surface area contributed by atoms with Crippen LogP contribution in [0.25, 0.3) is 6.08 Å². The Morgan fingerprint density at radius 1 is 1.25 bits per heavy atom. The first kappa shape index (κ1) is 12.8. The Morgan fingerprint density at radius 2 is 1.94 bits per heavy atom. The molecule has 0 saturated carbocycles. The van der Waals surface area contributed by atoms with Crippen molar-refractivity contribution >= 4 is 6.08 Å². The van der Waals surface area contributed by atoms with Gasteiger partial charge in [-0.25, -0.2) is 0 Å². The molecule has 0 aliphatic carbocycles. The van der Waals surface area contributed by atoms with Gasteiger partial charge in [0, 0.05) is 6.61 Å². The van der Waals surface area contributed by atoms with Crippen LogP contribution < -0.4 is 0 Å². The highest BCUT2D eigenvalue weighted by atomic mass is 19.4. The molecule has 0 heterocycles. The summed E-state index contributed by atoms with van der Waals surface area (Å²) in [6.45, 7) is 2.70. The van der Waals surface area contributed by atoms with Gasteiger partial charge in [0.15, 0.2) is 0 Å². The van der Waals surface area contributed by atoms with Crippen molar-refractivity contribution in [1.82, 2.24) is 0 Å². The summed E-state index contributed by atoms with van der Waals surface area (Å²) in [7, 11) is 0. The molecular formula is C12H13F3O. The van der Waals surface area contributed by atoms with Crippen LogP contribution in [0.2, 0.25) is 0 Å². The van der Waals surface area contributed by atoms with E-state index >= 15 is 0 Å². The van der Waals surface area contributed by atoms with Crippen LogP contribution in [0.4, 0.5) is 13.2 Å². The van der Waals surface area contributed by atoms with Crippen LogP contribution in [0.1, 0.15) is 18.1 Å². The number of hydrogen-bond donors (Lipinski definition) is 0. The molecule has 0 saturated heterocycles. The second-order valence-corrected chi connectivity index (χ2v) is 3.15. The van der Waals surface area contributed by atoms with E-state index in [0.29, 0.717) is 13.2 Å². The maximum atomic E-state index is 12.6. The summed E-state index contributed by atoms with van der Waals surface area (Å²) >= 11 is 0. The first-order valence-electron chi connectivity index (χ1n) is 4.96. The predicted molar refractivity (Wildman–Crippen MR) is 57.0 cm³/mol. The Labute approximate surface area is 92.5 Å². The Hall–Kier alpha value is -1.29. The van der Waals surface area contributed by atoms with Gasteiger partial charge in [0.05, 0.1) is 12.2 Å². The van der Waals surface area contributed by atoms with E-state index in [0.717, 1.165) is 6.07 Å². The van der Waals surface area contributed by atoms with Gasteiger partial charge in [0.2, 0.25) is 0 Å². The highest BCUT2D eigenvalue weighted by Gasteiger charge is 2.32. The molecule has 1 rings (SSSR count). The molecule has 0 aliphatic rings. The first-order chi connectivity index (χ1) is 7.55. The smallest absolute Gasteiger partial charge is 0.378 e. The molecule has 1 aromatic carbocycles. The lowest BCUT2D eigenvalue weighted by atomic mass is 10.1. The van der Waals surface area contributed by atoms with Gasteiger partial charge in [-0.05, 0) is 18.6 Å². The minimum absolute atomic E-state index is 0.162. The highest BCUT2D eigenvalue weighted by molar-refractivity contribution is 5.54. The largest absolute Gasteiger partial charge is 0.416 e. The normalized spacial score (nSPS) is 12.2. The van der Waals surface area contributed by atoms with Crippen LogP contribution in [-0.2, 0) is 10.9 Å². The van der Waals surface area contributed by atoms with Crippen molar-refractivity contribution in [2.75, 3.05) is 13.2 Å². The molecule has 88 valence electrons. The molecular weight excluding hydrogens is 217 g/mol. The van der Waals surface area contributed by atoms with Crippen LogP contribution in [0.3, 0.4) is 0 Å². The molecule has 0 aliphatic heterocycles. The van der Waals surface area contributed by atoms with Crippen molar-refractivity contribution in [1.29, 1.82) is 0 Å². The fourth-order valence-electron chi connectivity index (χ4n) is 1.26. The number of rotatable bonds is 4. The lowest BCUT2D eigenvalue weighted by Gasteiger charge is -2.09. The van der Waals surface area contributed by atoms with Gasteiger partial charge in [-0.1, -0.05) is 30.4 Å². The molecule has 0 radical (unpaired) electrons. The maximum absolute atomic E-state index is 12.6. The average molecular weight is 230 g/mol. The topological polar surface area (TPSA) is 9.23 Å². The Kier molecular flexibility index (Phi) is 4.55. The van der Waals surface area contributed by atoms with Crippen molar-refractivity contribution in [3.8, 4) is 0 Å². The second-order valence-electron chi connectivity index (χ2n) is 3.15. The van der Waals surface area contributed by atoms with Gasteiger partial charge in [-0.3, -0.25) is 0 Å². The van der Waals surface area contributed by atoms with E-state index in [-0.39, 0.29) is 5.56 Å². The fraction of sp³-hybridized carbons (Fsp3) is 0.333. The molecule has 1 aromatic rings. The summed E-state index contributed by atoms with van der Waals surface area (Å²) < 4.78 is 42.7. The second kappa shape index (κ2) is 5.70. The molecule has 0 aromatic heterocycles. The van der Waals surface area contributed by atoms with Gasteiger partial charge in [0.1, 0.15) is 0 Å². The highest BCUT2D eigenvalue weighted by Crippen LogP contribution is 2.32. The predicted octanol–water partition coefficient (Wildman–Crippen LogP) is 3.76. The Morgan fingerprint density at radius 3 is 2.56 bits per heavy atom. The lowest BCUT2D eigenvalue weighted by molar-refractivity contribution is -0.137. The monoisotopic (exact) mass is 230 g/mol. The van der Waals surface area contributed by atoms with Gasteiger partial charge < -0.3 is 4.74 Å². The SMILES string of the molecule is CCOC/C=C/c1ccccc1C(F)(F)F. The van der Waals surface area contributed by atoms with Crippen molar-refractivity contribution in [2.24, 2.45) is 0 Å². The number of hydrogen-bond acceptors (Lipinski definition) is 1. The van der Waals surface area contributed by atoms with Crippen LogP contribution in [0, 0.1) is 0 Å². The molecule has 4 heteroatoms. The average Bonchev–Trinajstić information content (AvgIpc) is 2.24. The Balaban J connectivity index is 2.83. The standard InChI is InChI=1S/C12H13F3O/c1-2-16-9-5-7-10-6-3-4-8-11(10)12(13,14)15/h3-8H,2,9H2,1H3/b7-5+. The van der Waals surface area contributed by atoms with E-state index in [1.54, 1.807) is 12.1 Å². The maximum Gasteiger partial charge on any atom is 0.416 e. The Bertz CT molecular complexity index is 356. The van der Waals surface area contributed by atoms with Crippen LogP contribution in [0.15, 0.2) is 30.3 Å². The van der Waals surface area contributed by atoms with Gasteiger partial charge in [-0.2, -0.15) is 13.2 Å².